The van der Waals surface area contributed by atoms with Crippen LogP contribution in [0, 0.1) is 12.7 Å². The number of rotatable bonds is 2. The lowest BCUT2D eigenvalue weighted by molar-refractivity contribution is 0.431. The number of aromatic nitrogens is 1. The highest BCUT2D eigenvalue weighted by molar-refractivity contribution is 5.87. The molecule has 1 heterocycles. The number of pyridine rings is 1. The Labute approximate surface area is 121 Å². The Morgan fingerprint density at radius 3 is 2.86 bits per heavy atom. The normalized spacial score (nSPS) is 11.3. The molecule has 3 rings (SSSR count). The maximum Gasteiger partial charge on any atom is 0.165 e. The summed E-state index contributed by atoms with van der Waals surface area (Å²) in [6.07, 6.45) is 1.45. The molecule has 0 aliphatic carbocycles. The van der Waals surface area contributed by atoms with Crippen LogP contribution in [0.5, 0.6) is 5.75 Å². The molecule has 0 unspecified atom stereocenters. The maximum absolute atomic E-state index is 13.2. The fraction of sp³-hybridized carbons (Fsp3) is 0.0588. The molecule has 0 saturated heterocycles. The molecule has 1 aromatic heterocycles. The predicted molar refractivity (Wildman–Crippen MR) is 81.8 cm³/mol. The van der Waals surface area contributed by atoms with Crippen LogP contribution in [0.3, 0.4) is 0 Å². The van der Waals surface area contributed by atoms with Crippen molar-refractivity contribution < 1.29 is 9.50 Å². The Morgan fingerprint density at radius 1 is 1.14 bits per heavy atom. The Hall–Kier alpha value is -2.75. The molecule has 3 nitrogen and oxygen atoms in total. The number of nitrogens with zero attached hydrogens (tertiary/aromatic N) is 2. The minimum Gasteiger partial charge on any atom is -0.504 e. The second kappa shape index (κ2) is 5.32. The first-order valence-corrected chi connectivity index (χ1v) is 6.52. The Kier molecular flexibility index (Phi) is 3.36. The number of aliphatic imine (C=N–C) groups is 1. The predicted octanol–water partition coefficient (Wildman–Crippen LogP) is 4.14. The van der Waals surface area contributed by atoms with Crippen molar-refractivity contribution in [2.45, 2.75) is 6.92 Å². The Balaban J connectivity index is 1.96. The molecule has 0 spiro atoms. The number of aryl methyl sites for hydroxylation is 1. The van der Waals surface area contributed by atoms with Gasteiger partial charge in [-0.1, -0.05) is 12.1 Å². The van der Waals surface area contributed by atoms with Gasteiger partial charge in [0.1, 0.15) is 0 Å². The van der Waals surface area contributed by atoms with Crippen molar-refractivity contribution in [1.82, 2.24) is 4.98 Å². The highest BCUT2D eigenvalue weighted by Crippen LogP contribution is 2.22. The SMILES string of the molecule is Cc1ccc2cc(N=Cc3cccc(F)c3O)ccc2n1. The molecule has 0 fully saturated rings. The van der Waals surface area contributed by atoms with E-state index in [0.717, 1.165) is 22.3 Å². The standard InChI is InChI=1S/C17H13FN2O/c1-11-5-6-12-9-14(7-8-16(12)20-11)19-10-13-3-2-4-15(18)17(13)21/h2-10,21H,1H3. The zero-order valence-electron chi connectivity index (χ0n) is 11.4. The molecule has 2 aromatic carbocycles. The maximum atomic E-state index is 13.2. The van der Waals surface area contributed by atoms with E-state index < -0.39 is 5.82 Å². The lowest BCUT2D eigenvalue weighted by atomic mass is 10.2. The minimum atomic E-state index is -0.655. The topological polar surface area (TPSA) is 45.5 Å². The van der Waals surface area contributed by atoms with Gasteiger partial charge < -0.3 is 5.11 Å². The monoisotopic (exact) mass is 280 g/mol. The number of benzene rings is 2. The van der Waals surface area contributed by atoms with E-state index in [9.17, 15) is 9.50 Å². The third-order valence-corrected chi connectivity index (χ3v) is 3.18. The summed E-state index contributed by atoms with van der Waals surface area (Å²) in [5.74, 6) is -1.04. The quantitative estimate of drug-likeness (QED) is 0.717. The summed E-state index contributed by atoms with van der Waals surface area (Å²) in [6, 6.07) is 13.9. The molecule has 0 atom stereocenters. The van der Waals surface area contributed by atoms with Crippen molar-refractivity contribution in [2.75, 3.05) is 0 Å². The van der Waals surface area contributed by atoms with Crippen LogP contribution >= 0.6 is 0 Å². The molecular weight excluding hydrogens is 267 g/mol. The van der Waals surface area contributed by atoms with Gasteiger partial charge in [0.05, 0.1) is 11.2 Å². The fourth-order valence-electron chi connectivity index (χ4n) is 2.08. The largest absolute Gasteiger partial charge is 0.504 e. The van der Waals surface area contributed by atoms with Crippen LogP contribution < -0.4 is 0 Å². The number of para-hydroxylation sites is 1. The van der Waals surface area contributed by atoms with Crippen molar-refractivity contribution in [1.29, 1.82) is 0 Å². The van der Waals surface area contributed by atoms with E-state index in [4.69, 9.17) is 0 Å². The van der Waals surface area contributed by atoms with E-state index >= 15 is 0 Å². The number of fused-ring (bicyclic) bond motifs is 1. The van der Waals surface area contributed by atoms with Crippen LogP contribution in [0.15, 0.2) is 53.5 Å². The van der Waals surface area contributed by atoms with Crippen molar-refractivity contribution in [3.8, 4) is 5.75 Å². The molecule has 0 aliphatic rings. The van der Waals surface area contributed by atoms with Crippen molar-refractivity contribution >= 4 is 22.8 Å². The van der Waals surface area contributed by atoms with E-state index in [1.54, 1.807) is 6.07 Å². The lowest BCUT2D eigenvalue weighted by Gasteiger charge is -2.01. The van der Waals surface area contributed by atoms with E-state index in [-0.39, 0.29) is 5.75 Å². The molecule has 0 aliphatic heterocycles. The molecule has 0 amide bonds. The first-order chi connectivity index (χ1) is 10.1. The lowest BCUT2D eigenvalue weighted by Crippen LogP contribution is -1.86. The third kappa shape index (κ3) is 2.74. The van der Waals surface area contributed by atoms with Crippen LogP contribution in [0.1, 0.15) is 11.3 Å². The second-order valence-electron chi connectivity index (χ2n) is 4.77. The third-order valence-electron chi connectivity index (χ3n) is 3.18. The number of phenolic OH excluding ortho intramolecular Hbond substituents is 1. The number of hydrogen-bond acceptors (Lipinski definition) is 3. The molecule has 21 heavy (non-hydrogen) atoms. The van der Waals surface area contributed by atoms with Crippen LogP contribution in [-0.4, -0.2) is 16.3 Å². The van der Waals surface area contributed by atoms with Gasteiger partial charge in [-0.25, -0.2) is 4.39 Å². The summed E-state index contributed by atoms with van der Waals surface area (Å²) in [5, 5.41) is 10.6. The summed E-state index contributed by atoms with van der Waals surface area (Å²) in [4.78, 5) is 8.69. The highest BCUT2D eigenvalue weighted by Gasteiger charge is 2.03. The molecule has 4 heteroatoms. The first-order valence-electron chi connectivity index (χ1n) is 6.52. The van der Waals surface area contributed by atoms with Crippen LogP contribution in [0.2, 0.25) is 0 Å². The van der Waals surface area contributed by atoms with Crippen molar-refractivity contribution in [2.24, 2.45) is 4.99 Å². The summed E-state index contributed by atoms with van der Waals surface area (Å²) < 4.78 is 13.2. The van der Waals surface area contributed by atoms with Gasteiger partial charge in [0, 0.05) is 22.9 Å². The summed E-state index contributed by atoms with van der Waals surface area (Å²) in [6.45, 7) is 1.94. The zero-order chi connectivity index (χ0) is 14.8. The average Bonchev–Trinajstić information content (AvgIpc) is 2.49. The molecule has 0 bridgehead atoms. The van der Waals surface area contributed by atoms with Crippen LogP contribution in [-0.2, 0) is 0 Å². The number of hydrogen-bond donors (Lipinski definition) is 1. The number of aromatic hydroxyl groups is 1. The van der Waals surface area contributed by atoms with Gasteiger partial charge in [-0.2, -0.15) is 0 Å². The van der Waals surface area contributed by atoms with Gasteiger partial charge in [-0.05, 0) is 43.3 Å². The number of phenols is 1. The molecule has 0 radical (unpaired) electrons. The smallest absolute Gasteiger partial charge is 0.165 e. The number of halogens is 1. The minimum absolute atomic E-state index is 0.345. The highest BCUT2D eigenvalue weighted by atomic mass is 19.1. The summed E-state index contributed by atoms with van der Waals surface area (Å²) in [7, 11) is 0. The van der Waals surface area contributed by atoms with E-state index in [1.807, 2.05) is 37.3 Å². The van der Waals surface area contributed by atoms with Gasteiger partial charge >= 0.3 is 0 Å². The Morgan fingerprint density at radius 2 is 2.00 bits per heavy atom. The fourth-order valence-corrected chi connectivity index (χ4v) is 2.08. The van der Waals surface area contributed by atoms with Crippen LogP contribution in [0.25, 0.3) is 10.9 Å². The summed E-state index contributed by atoms with van der Waals surface area (Å²) in [5.41, 5.74) is 2.93. The van der Waals surface area contributed by atoms with Crippen molar-refractivity contribution in [3.63, 3.8) is 0 Å². The average molecular weight is 280 g/mol. The molecule has 0 saturated carbocycles. The summed E-state index contributed by atoms with van der Waals surface area (Å²) >= 11 is 0. The van der Waals surface area contributed by atoms with Gasteiger partial charge in [0.15, 0.2) is 11.6 Å². The molecule has 3 aromatic rings. The zero-order valence-corrected chi connectivity index (χ0v) is 11.4. The van der Waals surface area contributed by atoms with Gasteiger partial charge in [0.25, 0.3) is 0 Å². The Bertz CT molecular complexity index is 843. The van der Waals surface area contributed by atoms with Crippen molar-refractivity contribution in [3.05, 3.63) is 65.6 Å². The van der Waals surface area contributed by atoms with Crippen LogP contribution in [0.4, 0.5) is 10.1 Å². The molecule has 1 N–H and O–H groups in total. The molecular formula is C17H13FN2O. The van der Waals surface area contributed by atoms with E-state index in [0.29, 0.717) is 5.56 Å². The second-order valence-corrected chi connectivity index (χ2v) is 4.77. The van der Waals surface area contributed by atoms with E-state index in [2.05, 4.69) is 9.98 Å². The van der Waals surface area contributed by atoms with Gasteiger partial charge in [0.2, 0.25) is 0 Å². The molecule has 104 valence electrons. The first kappa shape index (κ1) is 13.2. The van der Waals surface area contributed by atoms with Gasteiger partial charge in [-0.3, -0.25) is 9.98 Å². The van der Waals surface area contributed by atoms with Gasteiger partial charge in [-0.15, -0.1) is 0 Å². The van der Waals surface area contributed by atoms with E-state index in [1.165, 1.54) is 18.3 Å².